The Balaban J connectivity index is 1.72. The fourth-order valence-electron chi connectivity index (χ4n) is 3.53. The molecule has 1 radical (unpaired) electrons. The zero-order chi connectivity index (χ0) is 17.9. The SMILES string of the molecule is CCCn1c(Oc2cccnc2)nc(=O)c2c1N=C(C1CCCCC1)[N]2. The van der Waals surface area contributed by atoms with Gasteiger partial charge in [0.2, 0.25) is 0 Å². The van der Waals surface area contributed by atoms with E-state index in [1.165, 1.54) is 19.3 Å². The van der Waals surface area contributed by atoms with Crippen molar-refractivity contribution in [3.05, 3.63) is 34.9 Å². The maximum Gasteiger partial charge on any atom is 0.307 e. The monoisotopic (exact) mass is 352 g/mol. The topological polar surface area (TPSA) is 83.5 Å². The molecule has 4 rings (SSSR count). The molecule has 1 aliphatic heterocycles. The summed E-state index contributed by atoms with van der Waals surface area (Å²) in [4.78, 5) is 25.4. The van der Waals surface area contributed by atoms with E-state index < -0.39 is 0 Å². The molecule has 135 valence electrons. The largest absolute Gasteiger partial charge is 0.424 e. The summed E-state index contributed by atoms with van der Waals surface area (Å²) in [6.45, 7) is 2.72. The van der Waals surface area contributed by atoms with Crippen molar-refractivity contribution in [2.75, 3.05) is 0 Å². The van der Waals surface area contributed by atoms with E-state index in [1.54, 1.807) is 24.5 Å². The van der Waals surface area contributed by atoms with Crippen LogP contribution in [-0.2, 0) is 6.54 Å². The lowest BCUT2D eigenvalue weighted by Gasteiger charge is -2.20. The summed E-state index contributed by atoms with van der Waals surface area (Å²) < 4.78 is 7.68. The second-order valence-corrected chi connectivity index (χ2v) is 6.73. The highest BCUT2D eigenvalue weighted by Crippen LogP contribution is 2.36. The molecule has 2 aromatic heterocycles. The number of ether oxygens (including phenoxy) is 1. The fourth-order valence-corrected chi connectivity index (χ4v) is 3.53. The molecule has 3 heterocycles. The van der Waals surface area contributed by atoms with Crippen molar-refractivity contribution in [1.29, 1.82) is 0 Å². The Morgan fingerprint density at radius 3 is 2.85 bits per heavy atom. The van der Waals surface area contributed by atoms with E-state index in [0.717, 1.165) is 25.1 Å². The first-order valence-corrected chi connectivity index (χ1v) is 9.29. The Morgan fingerprint density at radius 1 is 1.27 bits per heavy atom. The first kappa shape index (κ1) is 16.8. The van der Waals surface area contributed by atoms with Crippen LogP contribution in [-0.4, -0.2) is 20.4 Å². The van der Waals surface area contributed by atoms with Gasteiger partial charge in [-0.3, -0.25) is 14.3 Å². The molecule has 0 spiro atoms. The highest BCUT2D eigenvalue weighted by molar-refractivity contribution is 5.96. The Morgan fingerprint density at radius 2 is 2.12 bits per heavy atom. The zero-order valence-corrected chi connectivity index (χ0v) is 14.9. The number of hydrogen-bond donors (Lipinski definition) is 0. The predicted molar refractivity (Wildman–Crippen MR) is 98.6 cm³/mol. The van der Waals surface area contributed by atoms with Crippen molar-refractivity contribution in [1.82, 2.24) is 19.9 Å². The number of amidine groups is 1. The van der Waals surface area contributed by atoms with Crippen LogP contribution >= 0.6 is 0 Å². The van der Waals surface area contributed by atoms with Crippen molar-refractivity contribution < 1.29 is 4.74 Å². The Kier molecular flexibility index (Phi) is 4.69. The minimum absolute atomic E-state index is 0.243. The predicted octanol–water partition coefficient (Wildman–Crippen LogP) is 3.70. The van der Waals surface area contributed by atoms with Crippen LogP contribution in [0, 0.1) is 5.92 Å². The maximum atomic E-state index is 12.5. The highest BCUT2D eigenvalue weighted by Gasteiger charge is 2.30. The van der Waals surface area contributed by atoms with Crippen LogP contribution in [0.2, 0.25) is 0 Å². The molecular weight excluding hydrogens is 330 g/mol. The first-order valence-electron chi connectivity index (χ1n) is 9.29. The molecule has 2 aromatic rings. The van der Waals surface area contributed by atoms with Gasteiger partial charge >= 0.3 is 11.6 Å². The van der Waals surface area contributed by atoms with Crippen LogP contribution in [0.3, 0.4) is 0 Å². The molecule has 0 aromatic carbocycles. The minimum Gasteiger partial charge on any atom is -0.424 e. The molecule has 7 nitrogen and oxygen atoms in total. The molecule has 0 saturated heterocycles. The average molecular weight is 352 g/mol. The molecule has 7 heteroatoms. The fraction of sp³-hybridized carbons (Fsp3) is 0.474. The summed E-state index contributed by atoms with van der Waals surface area (Å²) >= 11 is 0. The minimum atomic E-state index is -0.388. The number of hydrogen-bond acceptors (Lipinski definition) is 5. The van der Waals surface area contributed by atoms with E-state index in [9.17, 15) is 4.79 Å². The second-order valence-electron chi connectivity index (χ2n) is 6.73. The third kappa shape index (κ3) is 3.21. The number of fused-ring (bicyclic) bond motifs is 1. The van der Waals surface area contributed by atoms with Crippen LogP contribution < -0.4 is 15.6 Å². The standard InChI is InChI=1S/C19H22N5O2/c1-2-11-24-17-15(21-16(22-17)13-7-4-3-5-8-13)18(25)23-19(24)26-14-9-6-10-20-12-14/h6,9-10,12-13H,2-5,7-8,11H2,1H3. The lowest BCUT2D eigenvalue weighted by Crippen LogP contribution is -2.24. The van der Waals surface area contributed by atoms with Gasteiger partial charge in [-0.1, -0.05) is 26.2 Å². The molecule has 0 atom stereocenters. The molecule has 2 aliphatic rings. The van der Waals surface area contributed by atoms with E-state index in [1.807, 2.05) is 4.57 Å². The van der Waals surface area contributed by atoms with Gasteiger partial charge < -0.3 is 4.74 Å². The Hall–Kier alpha value is -2.70. The van der Waals surface area contributed by atoms with Gasteiger partial charge in [0.25, 0.3) is 0 Å². The van der Waals surface area contributed by atoms with E-state index >= 15 is 0 Å². The van der Waals surface area contributed by atoms with Gasteiger partial charge in [-0.05, 0) is 31.4 Å². The second kappa shape index (κ2) is 7.27. The van der Waals surface area contributed by atoms with E-state index in [-0.39, 0.29) is 11.6 Å². The summed E-state index contributed by atoms with van der Waals surface area (Å²) in [7, 11) is 0. The number of pyridine rings is 1. The van der Waals surface area contributed by atoms with Gasteiger partial charge in [-0.2, -0.15) is 4.98 Å². The molecule has 1 fully saturated rings. The summed E-state index contributed by atoms with van der Waals surface area (Å²) in [5, 5.41) is 4.55. The van der Waals surface area contributed by atoms with Crippen molar-refractivity contribution in [2.45, 2.75) is 52.0 Å². The van der Waals surface area contributed by atoms with Crippen molar-refractivity contribution >= 4 is 17.3 Å². The van der Waals surface area contributed by atoms with E-state index in [4.69, 9.17) is 9.73 Å². The highest BCUT2D eigenvalue weighted by atomic mass is 16.5. The van der Waals surface area contributed by atoms with Crippen molar-refractivity contribution in [3.63, 3.8) is 0 Å². The summed E-state index contributed by atoms with van der Waals surface area (Å²) in [6, 6.07) is 3.80. The molecule has 0 unspecified atom stereocenters. The lowest BCUT2D eigenvalue weighted by atomic mass is 9.88. The molecule has 0 bridgehead atoms. The molecule has 26 heavy (non-hydrogen) atoms. The van der Waals surface area contributed by atoms with E-state index in [0.29, 0.717) is 29.7 Å². The third-order valence-corrected chi connectivity index (χ3v) is 4.81. The molecule has 1 saturated carbocycles. The first-order chi connectivity index (χ1) is 12.8. The van der Waals surface area contributed by atoms with Gasteiger partial charge in [0, 0.05) is 18.7 Å². The molecule has 0 N–H and O–H groups in total. The maximum absolute atomic E-state index is 12.5. The smallest absolute Gasteiger partial charge is 0.307 e. The van der Waals surface area contributed by atoms with Crippen molar-refractivity contribution in [3.8, 4) is 11.8 Å². The average Bonchev–Trinajstić information content (AvgIpc) is 3.12. The van der Waals surface area contributed by atoms with Crippen molar-refractivity contribution in [2.24, 2.45) is 10.9 Å². The summed E-state index contributed by atoms with van der Waals surface area (Å²) in [5.74, 6) is 2.23. The van der Waals surface area contributed by atoms with Gasteiger partial charge in [0.15, 0.2) is 11.5 Å². The van der Waals surface area contributed by atoms with Crippen LogP contribution in [0.25, 0.3) is 0 Å². The number of rotatable bonds is 5. The van der Waals surface area contributed by atoms with Crippen LogP contribution in [0.5, 0.6) is 11.8 Å². The number of aromatic nitrogens is 3. The third-order valence-electron chi connectivity index (χ3n) is 4.81. The van der Waals surface area contributed by atoms with Gasteiger partial charge in [0.1, 0.15) is 11.6 Å². The molecule has 0 amide bonds. The lowest BCUT2D eigenvalue weighted by molar-refractivity contribution is 0.399. The normalized spacial score (nSPS) is 16.7. The van der Waals surface area contributed by atoms with E-state index in [2.05, 4.69) is 22.2 Å². The van der Waals surface area contributed by atoms with Crippen LogP contribution in [0.4, 0.5) is 11.5 Å². The van der Waals surface area contributed by atoms with Crippen LogP contribution in [0.15, 0.2) is 34.3 Å². The van der Waals surface area contributed by atoms with Gasteiger partial charge in [0.05, 0.1) is 6.20 Å². The summed E-state index contributed by atoms with van der Waals surface area (Å²) in [5.41, 5.74) is -0.0432. The van der Waals surface area contributed by atoms with Crippen LogP contribution in [0.1, 0.15) is 45.4 Å². The Labute approximate surface area is 152 Å². The number of aliphatic imine (C=N–C) groups is 1. The molecular formula is C19H22N5O2. The molecule has 1 aliphatic carbocycles. The number of nitrogens with zero attached hydrogens (tertiary/aromatic N) is 5. The Bertz CT molecular complexity index is 869. The van der Waals surface area contributed by atoms with Gasteiger partial charge in [-0.25, -0.2) is 10.3 Å². The zero-order valence-electron chi connectivity index (χ0n) is 14.9. The van der Waals surface area contributed by atoms with Gasteiger partial charge in [-0.15, -0.1) is 0 Å². The quantitative estimate of drug-likeness (QED) is 0.821. The summed E-state index contributed by atoms with van der Waals surface area (Å²) in [6.07, 6.45) is 9.97.